The summed E-state index contributed by atoms with van der Waals surface area (Å²) in [7, 11) is 0. The standard InChI is InChI=1S/C22H24F3N5O4/c1-11-4-3-5-12(2)30(11)21-28-18-17(20(33)29-21)15(10-16(31)27-18)19(32)26-13-6-8-14(9-7-13)34-22(23,24)25/h6-9,11-12,15H,3-5,10H2,1-2H3,(H,26,32)(H2,27,28,29,31,33). The van der Waals surface area contributed by atoms with Crippen molar-refractivity contribution in [2.24, 2.45) is 0 Å². The fraction of sp³-hybridized carbons (Fsp3) is 0.455. The zero-order valence-corrected chi connectivity index (χ0v) is 18.5. The number of halogens is 3. The van der Waals surface area contributed by atoms with E-state index < -0.39 is 35.4 Å². The van der Waals surface area contributed by atoms with Gasteiger partial charge in [0.05, 0.1) is 11.5 Å². The molecule has 12 heteroatoms. The van der Waals surface area contributed by atoms with E-state index in [2.05, 4.69) is 25.3 Å². The Kier molecular flexibility index (Phi) is 6.24. The van der Waals surface area contributed by atoms with Crippen molar-refractivity contribution in [3.63, 3.8) is 0 Å². The van der Waals surface area contributed by atoms with E-state index in [9.17, 15) is 27.6 Å². The summed E-state index contributed by atoms with van der Waals surface area (Å²) < 4.78 is 40.8. The lowest BCUT2D eigenvalue weighted by Gasteiger charge is -2.39. The minimum atomic E-state index is -4.83. The Labute approximate surface area is 192 Å². The molecule has 1 fully saturated rings. The number of fused-ring (bicyclic) bond motifs is 1. The largest absolute Gasteiger partial charge is 0.573 e. The molecule has 2 aliphatic heterocycles. The number of ether oxygens (including phenoxy) is 1. The lowest BCUT2D eigenvalue weighted by atomic mass is 9.92. The lowest BCUT2D eigenvalue weighted by Crippen LogP contribution is -2.46. The number of benzene rings is 1. The zero-order valence-electron chi connectivity index (χ0n) is 18.5. The van der Waals surface area contributed by atoms with Crippen LogP contribution >= 0.6 is 0 Å². The van der Waals surface area contributed by atoms with E-state index in [4.69, 9.17) is 0 Å². The molecule has 2 amide bonds. The van der Waals surface area contributed by atoms with Gasteiger partial charge in [0.2, 0.25) is 17.8 Å². The molecule has 3 N–H and O–H groups in total. The normalized spacial score (nSPS) is 22.6. The highest BCUT2D eigenvalue weighted by molar-refractivity contribution is 6.04. The van der Waals surface area contributed by atoms with E-state index in [1.807, 2.05) is 18.7 Å². The topological polar surface area (TPSA) is 116 Å². The molecule has 2 aromatic rings. The number of alkyl halides is 3. The van der Waals surface area contributed by atoms with Crippen LogP contribution in [0.5, 0.6) is 5.75 Å². The van der Waals surface area contributed by atoms with Crippen molar-refractivity contribution in [3.8, 4) is 5.75 Å². The van der Waals surface area contributed by atoms with Gasteiger partial charge in [0.1, 0.15) is 11.6 Å². The van der Waals surface area contributed by atoms with Gasteiger partial charge in [-0.15, -0.1) is 13.2 Å². The number of H-pyrrole nitrogens is 1. The first-order chi connectivity index (χ1) is 16.0. The average molecular weight is 479 g/mol. The van der Waals surface area contributed by atoms with Gasteiger partial charge in [0, 0.05) is 24.2 Å². The molecule has 182 valence electrons. The molecule has 0 radical (unpaired) electrons. The monoisotopic (exact) mass is 479 g/mol. The number of hydrogen-bond donors (Lipinski definition) is 3. The van der Waals surface area contributed by atoms with E-state index >= 15 is 0 Å². The van der Waals surface area contributed by atoms with E-state index in [-0.39, 0.29) is 35.6 Å². The van der Waals surface area contributed by atoms with Crippen LogP contribution in [0.4, 0.5) is 30.6 Å². The summed E-state index contributed by atoms with van der Waals surface area (Å²) in [6, 6.07) is 4.85. The average Bonchev–Trinajstić information content (AvgIpc) is 2.73. The predicted octanol–water partition coefficient (Wildman–Crippen LogP) is 3.50. The van der Waals surface area contributed by atoms with Crippen molar-refractivity contribution in [2.75, 3.05) is 15.5 Å². The van der Waals surface area contributed by atoms with E-state index in [1.54, 1.807) is 0 Å². The number of rotatable bonds is 4. The quantitative estimate of drug-likeness (QED) is 0.618. The van der Waals surface area contributed by atoms with Crippen LogP contribution in [0.25, 0.3) is 0 Å². The molecule has 1 aromatic carbocycles. The Bertz CT molecular complexity index is 1140. The van der Waals surface area contributed by atoms with Crippen LogP contribution in [0.2, 0.25) is 0 Å². The summed E-state index contributed by atoms with van der Waals surface area (Å²) >= 11 is 0. The van der Waals surface area contributed by atoms with Crippen LogP contribution in [0.1, 0.15) is 51.0 Å². The van der Waals surface area contributed by atoms with Gasteiger partial charge < -0.3 is 20.3 Å². The molecule has 0 bridgehead atoms. The third kappa shape index (κ3) is 5.00. The Balaban J connectivity index is 1.58. The van der Waals surface area contributed by atoms with E-state index in [0.717, 1.165) is 31.4 Å². The minimum Gasteiger partial charge on any atom is -0.406 e. The molecular formula is C22H24F3N5O4. The highest BCUT2D eigenvalue weighted by atomic mass is 19.4. The van der Waals surface area contributed by atoms with Gasteiger partial charge in [-0.2, -0.15) is 4.98 Å². The van der Waals surface area contributed by atoms with Crippen LogP contribution in [0.3, 0.4) is 0 Å². The summed E-state index contributed by atoms with van der Waals surface area (Å²) in [4.78, 5) is 47.5. The SMILES string of the molecule is CC1CCCC(C)N1c1nc2c(c(=O)[nH]1)C(C(=O)Nc1ccc(OC(F)(F)F)cc1)CC(=O)N2. The molecular weight excluding hydrogens is 455 g/mol. The Morgan fingerprint density at radius 1 is 1.15 bits per heavy atom. The molecule has 3 unspecified atom stereocenters. The molecule has 1 aromatic heterocycles. The number of nitrogens with one attached hydrogen (secondary N) is 3. The minimum absolute atomic E-state index is 0.0362. The third-order valence-electron chi connectivity index (χ3n) is 6.05. The molecule has 0 spiro atoms. The zero-order chi connectivity index (χ0) is 24.6. The number of aromatic nitrogens is 2. The van der Waals surface area contributed by atoms with Gasteiger partial charge in [0.15, 0.2) is 0 Å². The Hall–Kier alpha value is -3.57. The second kappa shape index (κ2) is 8.99. The van der Waals surface area contributed by atoms with Crippen molar-refractivity contribution in [1.29, 1.82) is 0 Å². The number of nitrogens with zero attached hydrogens (tertiary/aromatic N) is 2. The van der Waals surface area contributed by atoms with Gasteiger partial charge in [-0.05, 0) is 57.4 Å². The molecule has 0 aliphatic carbocycles. The molecule has 4 rings (SSSR count). The summed E-state index contributed by atoms with van der Waals surface area (Å²) in [5.74, 6) is -2.30. The first-order valence-corrected chi connectivity index (χ1v) is 10.9. The predicted molar refractivity (Wildman–Crippen MR) is 118 cm³/mol. The van der Waals surface area contributed by atoms with Crippen molar-refractivity contribution in [2.45, 2.75) is 63.9 Å². The summed E-state index contributed by atoms with van der Waals surface area (Å²) in [6.07, 6.45) is -2.16. The second-order valence-electron chi connectivity index (χ2n) is 8.55. The first kappa shape index (κ1) is 23.6. The van der Waals surface area contributed by atoms with E-state index in [1.165, 1.54) is 12.1 Å². The number of amides is 2. The Morgan fingerprint density at radius 2 is 1.79 bits per heavy atom. The number of carbonyl (C=O) groups excluding carboxylic acids is 2. The number of anilines is 3. The third-order valence-corrected chi connectivity index (χ3v) is 6.05. The summed E-state index contributed by atoms with van der Waals surface area (Å²) in [6.45, 7) is 4.07. The van der Waals surface area contributed by atoms with Crippen molar-refractivity contribution in [3.05, 3.63) is 40.2 Å². The van der Waals surface area contributed by atoms with Gasteiger partial charge in [-0.3, -0.25) is 19.4 Å². The second-order valence-corrected chi connectivity index (χ2v) is 8.55. The first-order valence-electron chi connectivity index (χ1n) is 10.9. The number of piperidine rings is 1. The summed E-state index contributed by atoms with van der Waals surface area (Å²) in [5, 5.41) is 5.12. The smallest absolute Gasteiger partial charge is 0.406 e. The summed E-state index contributed by atoms with van der Waals surface area (Å²) in [5.41, 5.74) is -0.307. The van der Waals surface area contributed by atoms with E-state index in [0.29, 0.717) is 5.95 Å². The fourth-order valence-electron chi connectivity index (χ4n) is 4.51. The molecule has 3 heterocycles. The molecule has 2 aliphatic rings. The van der Waals surface area contributed by atoms with Crippen LogP contribution in [0.15, 0.2) is 29.1 Å². The number of carbonyl (C=O) groups is 2. The maximum absolute atomic E-state index is 13.0. The fourth-order valence-corrected chi connectivity index (χ4v) is 4.51. The molecule has 34 heavy (non-hydrogen) atoms. The highest BCUT2D eigenvalue weighted by Crippen LogP contribution is 2.33. The molecule has 9 nitrogen and oxygen atoms in total. The maximum Gasteiger partial charge on any atom is 0.573 e. The van der Waals surface area contributed by atoms with Gasteiger partial charge in [-0.25, -0.2) is 0 Å². The van der Waals surface area contributed by atoms with Crippen molar-refractivity contribution < 1.29 is 27.5 Å². The molecule has 1 saturated heterocycles. The Morgan fingerprint density at radius 3 is 2.41 bits per heavy atom. The lowest BCUT2D eigenvalue weighted by molar-refractivity contribution is -0.274. The van der Waals surface area contributed by atoms with Crippen LogP contribution in [0, 0.1) is 0 Å². The van der Waals surface area contributed by atoms with Crippen LogP contribution in [-0.4, -0.2) is 40.2 Å². The van der Waals surface area contributed by atoms with Gasteiger partial charge in [-0.1, -0.05) is 0 Å². The highest BCUT2D eigenvalue weighted by Gasteiger charge is 2.36. The molecule has 3 atom stereocenters. The maximum atomic E-state index is 13.0. The van der Waals surface area contributed by atoms with Crippen LogP contribution < -0.4 is 25.8 Å². The van der Waals surface area contributed by atoms with Gasteiger partial charge >= 0.3 is 6.36 Å². The van der Waals surface area contributed by atoms with Crippen molar-refractivity contribution >= 4 is 29.3 Å². The number of hydrogen-bond acceptors (Lipinski definition) is 6. The van der Waals surface area contributed by atoms with Crippen LogP contribution in [-0.2, 0) is 9.59 Å². The van der Waals surface area contributed by atoms with Gasteiger partial charge in [0.25, 0.3) is 5.56 Å². The molecule has 0 saturated carbocycles. The number of aromatic amines is 1. The van der Waals surface area contributed by atoms with Crippen molar-refractivity contribution in [1.82, 2.24) is 9.97 Å².